The lowest BCUT2D eigenvalue weighted by Crippen LogP contribution is -2.10. The zero-order valence-electron chi connectivity index (χ0n) is 12.3. The Hall–Kier alpha value is -2.89. The smallest absolute Gasteiger partial charge is 0.338 e. The summed E-state index contributed by atoms with van der Waals surface area (Å²) in [5, 5.41) is 0.710. The fourth-order valence-electron chi connectivity index (χ4n) is 2.25. The summed E-state index contributed by atoms with van der Waals surface area (Å²) < 4.78 is 14.2. The van der Waals surface area contributed by atoms with Gasteiger partial charge in [-0.3, -0.25) is 0 Å². The van der Waals surface area contributed by atoms with Crippen LogP contribution in [0.15, 0.2) is 30.3 Å². The molecule has 0 bridgehead atoms. The van der Waals surface area contributed by atoms with Crippen molar-refractivity contribution >= 4 is 28.7 Å². The largest absolute Gasteiger partial charge is 0.465 e. The van der Waals surface area contributed by atoms with Crippen molar-refractivity contribution in [1.29, 1.82) is 0 Å². The molecule has 0 aliphatic rings. The Balaban J connectivity index is 2.90. The van der Waals surface area contributed by atoms with E-state index in [-0.39, 0.29) is 16.7 Å². The number of ether oxygens (including phenoxy) is 3. The van der Waals surface area contributed by atoms with Crippen molar-refractivity contribution in [3.05, 3.63) is 47.0 Å². The fourth-order valence-corrected chi connectivity index (χ4v) is 2.25. The average molecular weight is 302 g/mol. The Labute approximate surface area is 126 Å². The second-order valence-electron chi connectivity index (χ2n) is 4.36. The third-order valence-corrected chi connectivity index (χ3v) is 3.26. The average Bonchev–Trinajstić information content (AvgIpc) is 2.58. The molecular formula is C16H14O6. The fraction of sp³-hybridized carbons (Fsp3) is 0.188. The monoisotopic (exact) mass is 302 g/mol. The zero-order valence-corrected chi connectivity index (χ0v) is 12.3. The highest BCUT2D eigenvalue weighted by Gasteiger charge is 2.22. The van der Waals surface area contributed by atoms with Gasteiger partial charge in [0.05, 0.1) is 38.0 Å². The van der Waals surface area contributed by atoms with E-state index in [4.69, 9.17) is 14.2 Å². The highest BCUT2D eigenvalue weighted by Crippen LogP contribution is 2.28. The van der Waals surface area contributed by atoms with Gasteiger partial charge < -0.3 is 14.2 Å². The molecule has 6 heteroatoms. The maximum atomic E-state index is 12.0. The van der Waals surface area contributed by atoms with Crippen LogP contribution in [0.25, 0.3) is 10.8 Å². The minimum Gasteiger partial charge on any atom is -0.465 e. The summed E-state index contributed by atoms with van der Waals surface area (Å²) in [6, 6.07) is 7.62. The van der Waals surface area contributed by atoms with Crippen LogP contribution in [-0.2, 0) is 14.2 Å². The molecule has 0 unspecified atom stereocenters. The molecule has 0 aliphatic carbocycles. The Morgan fingerprint density at radius 1 is 0.682 bits per heavy atom. The van der Waals surface area contributed by atoms with Crippen molar-refractivity contribution in [3.63, 3.8) is 0 Å². The van der Waals surface area contributed by atoms with E-state index < -0.39 is 17.9 Å². The van der Waals surface area contributed by atoms with E-state index in [0.29, 0.717) is 10.8 Å². The number of carbonyl (C=O) groups excluding carboxylic acids is 3. The molecule has 0 atom stereocenters. The first-order valence-corrected chi connectivity index (χ1v) is 6.35. The van der Waals surface area contributed by atoms with Gasteiger partial charge in [0.2, 0.25) is 0 Å². The first kappa shape index (κ1) is 15.5. The van der Waals surface area contributed by atoms with E-state index >= 15 is 0 Å². The van der Waals surface area contributed by atoms with Crippen molar-refractivity contribution in [2.75, 3.05) is 21.3 Å². The molecule has 0 fully saturated rings. The maximum absolute atomic E-state index is 12.0. The quantitative estimate of drug-likeness (QED) is 0.639. The number of rotatable bonds is 3. The lowest BCUT2D eigenvalue weighted by molar-refractivity contribution is 0.0586. The summed E-state index contributed by atoms with van der Waals surface area (Å²) in [5.41, 5.74) is 0.591. The number of benzene rings is 2. The summed E-state index contributed by atoms with van der Waals surface area (Å²) in [5.74, 6) is -1.79. The van der Waals surface area contributed by atoms with E-state index in [1.54, 1.807) is 12.1 Å². The van der Waals surface area contributed by atoms with E-state index in [0.717, 1.165) is 0 Å². The molecule has 2 rings (SSSR count). The van der Waals surface area contributed by atoms with Crippen LogP contribution in [0.1, 0.15) is 31.1 Å². The summed E-state index contributed by atoms with van der Waals surface area (Å²) >= 11 is 0. The lowest BCUT2D eigenvalue weighted by atomic mass is 9.95. The van der Waals surface area contributed by atoms with Crippen LogP contribution >= 0.6 is 0 Å². The molecule has 0 saturated heterocycles. The molecule has 2 aromatic rings. The number of methoxy groups -OCH3 is 3. The van der Waals surface area contributed by atoms with Gasteiger partial charge in [-0.05, 0) is 23.6 Å². The molecule has 2 aromatic carbocycles. The van der Waals surface area contributed by atoms with Gasteiger partial charge in [0.25, 0.3) is 0 Å². The zero-order chi connectivity index (χ0) is 16.3. The van der Waals surface area contributed by atoms with Gasteiger partial charge in [0.1, 0.15) is 0 Å². The molecule has 0 heterocycles. The van der Waals surface area contributed by atoms with Crippen molar-refractivity contribution in [2.45, 2.75) is 0 Å². The van der Waals surface area contributed by atoms with E-state index in [9.17, 15) is 14.4 Å². The SMILES string of the molecule is COC(=O)c1ccc(C(=O)OC)c2c(C(=O)OC)cccc12. The van der Waals surface area contributed by atoms with Gasteiger partial charge in [0.15, 0.2) is 0 Å². The second-order valence-corrected chi connectivity index (χ2v) is 4.36. The summed E-state index contributed by atoms with van der Waals surface area (Å²) in [6.45, 7) is 0. The third-order valence-electron chi connectivity index (χ3n) is 3.26. The van der Waals surface area contributed by atoms with Crippen LogP contribution < -0.4 is 0 Å². The summed E-state index contributed by atoms with van der Waals surface area (Å²) in [4.78, 5) is 35.8. The van der Waals surface area contributed by atoms with Crippen LogP contribution in [-0.4, -0.2) is 39.2 Å². The molecule has 0 N–H and O–H groups in total. The van der Waals surface area contributed by atoms with Gasteiger partial charge in [-0.15, -0.1) is 0 Å². The van der Waals surface area contributed by atoms with Gasteiger partial charge in [-0.25, -0.2) is 14.4 Å². The first-order chi connectivity index (χ1) is 10.5. The third kappa shape index (κ3) is 2.50. The number of esters is 3. The van der Waals surface area contributed by atoms with Crippen LogP contribution in [0.5, 0.6) is 0 Å². The minimum atomic E-state index is -0.613. The molecule has 6 nitrogen and oxygen atoms in total. The maximum Gasteiger partial charge on any atom is 0.338 e. The van der Waals surface area contributed by atoms with Gasteiger partial charge in [-0.1, -0.05) is 12.1 Å². The highest BCUT2D eigenvalue weighted by atomic mass is 16.5. The van der Waals surface area contributed by atoms with E-state index in [1.165, 1.54) is 39.5 Å². The van der Waals surface area contributed by atoms with Crippen molar-refractivity contribution in [2.24, 2.45) is 0 Å². The number of fused-ring (bicyclic) bond motifs is 1. The van der Waals surface area contributed by atoms with Crippen LogP contribution in [0.4, 0.5) is 0 Å². The van der Waals surface area contributed by atoms with Crippen molar-refractivity contribution < 1.29 is 28.6 Å². The molecular weight excluding hydrogens is 288 g/mol. The topological polar surface area (TPSA) is 78.9 Å². The number of carbonyl (C=O) groups is 3. The van der Waals surface area contributed by atoms with E-state index in [1.807, 2.05) is 0 Å². The predicted octanol–water partition coefficient (Wildman–Crippen LogP) is 2.20. The van der Waals surface area contributed by atoms with Crippen LogP contribution in [0, 0.1) is 0 Å². The normalized spacial score (nSPS) is 10.1. The Bertz CT molecular complexity index is 740. The number of hydrogen-bond acceptors (Lipinski definition) is 6. The van der Waals surface area contributed by atoms with Gasteiger partial charge in [0, 0.05) is 5.39 Å². The van der Waals surface area contributed by atoms with Gasteiger partial charge in [-0.2, -0.15) is 0 Å². The molecule has 0 saturated carbocycles. The molecule has 22 heavy (non-hydrogen) atoms. The summed E-state index contributed by atoms with van der Waals surface area (Å²) in [6.07, 6.45) is 0. The van der Waals surface area contributed by atoms with Crippen molar-refractivity contribution in [3.8, 4) is 0 Å². The minimum absolute atomic E-state index is 0.172. The molecule has 0 amide bonds. The van der Waals surface area contributed by atoms with Crippen LogP contribution in [0.2, 0.25) is 0 Å². The molecule has 114 valence electrons. The molecule has 0 aliphatic heterocycles. The first-order valence-electron chi connectivity index (χ1n) is 6.35. The standard InChI is InChI=1S/C16H14O6/c1-20-14(17)10-7-8-12(16(19)22-3)13-9(10)5-4-6-11(13)15(18)21-2/h4-8H,1-3H3. The molecule has 0 aromatic heterocycles. The Morgan fingerprint density at radius 3 is 1.68 bits per heavy atom. The van der Waals surface area contributed by atoms with Crippen LogP contribution in [0.3, 0.4) is 0 Å². The molecule has 0 radical (unpaired) electrons. The summed E-state index contributed by atoms with van der Waals surface area (Å²) in [7, 11) is 3.73. The predicted molar refractivity (Wildman–Crippen MR) is 78.0 cm³/mol. The highest BCUT2D eigenvalue weighted by molar-refractivity contribution is 6.17. The Morgan fingerprint density at radius 2 is 1.14 bits per heavy atom. The molecule has 0 spiro atoms. The Kier molecular flexibility index (Phi) is 4.41. The second kappa shape index (κ2) is 6.26. The van der Waals surface area contributed by atoms with Crippen molar-refractivity contribution in [1.82, 2.24) is 0 Å². The van der Waals surface area contributed by atoms with Gasteiger partial charge >= 0.3 is 17.9 Å². The lowest BCUT2D eigenvalue weighted by Gasteiger charge is -2.12. The van der Waals surface area contributed by atoms with E-state index in [2.05, 4.69) is 0 Å². The number of hydrogen-bond donors (Lipinski definition) is 0.